The average molecular weight is 325 g/mol. The number of benzene rings is 1. The summed E-state index contributed by atoms with van der Waals surface area (Å²) in [5, 5.41) is 2.55. The SMILES string of the molecule is CNC(=O)c1cccc(CNS(=O)(=O)N2CCCC(C)C2)c1. The Hall–Kier alpha value is -1.44. The zero-order valence-electron chi connectivity index (χ0n) is 13.0. The molecule has 0 spiro atoms. The summed E-state index contributed by atoms with van der Waals surface area (Å²) >= 11 is 0. The van der Waals surface area contributed by atoms with E-state index in [1.807, 2.05) is 0 Å². The van der Waals surface area contributed by atoms with Crippen LogP contribution in [0.1, 0.15) is 35.7 Å². The second kappa shape index (κ2) is 7.21. The highest BCUT2D eigenvalue weighted by molar-refractivity contribution is 7.87. The zero-order chi connectivity index (χ0) is 16.2. The van der Waals surface area contributed by atoms with Crippen LogP contribution in [0, 0.1) is 5.92 Å². The van der Waals surface area contributed by atoms with Crippen LogP contribution in [-0.4, -0.2) is 38.8 Å². The summed E-state index contributed by atoms with van der Waals surface area (Å²) in [5.41, 5.74) is 1.28. The molecule has 122 valence electrons. The zero-order valence-corrected chi connectivity index (χ0v) is 13.8. The van der Waals surface area contributed by atoms with Gasteiger partial charge in [-0.2, -0.15) is 17.4 Å². The summed E-state index contributed by atoms with van der Waals surface area (Å²) in [6, 6.07) is 6.94. The lowest BCUT2D eigenvalue weighted by atomic mass is 10.0. The van der Waals surface area contributed by atoms with Gasteiger partial charge in [0.05, 0.1) is 0 Å². The lowest BCUT2D eigenvalue weighted by molar-refractivity contribution is 0.0963. The van der Waals surface area contributed by atoms with Gasteiger partial charge in [-0.25, -0.2) is 0 Å². The maximum atomic E-state index is 12.3. The van der Waals surface area contributed by atoms with Gasteiger partial charge in [0.15, 0.2) is 0 Å². The maximum absolute atomic E-state index is 12.3. The van der Waals surface area contributed by atoms with E-state index in [-0.39, 0.29) is 12.5 Å². The Kier molecular flexibility index (Phi) is 5.55. The number of carbonyl (C=O) groups is 1. The Morgan fingerprint density at radius 2 is 2.18 bits per heavy atom. The molecule has 2 N–H and O–H groups in total. The minimum atomic E-state index is -3.47. The standard InChI is InChI=1S/C15H23N3O3S/c1-12-5-4-8-18(11-12)22(20,21)17-10-13-6-3-7-14(9-13)15(19)16-2/h3,6-7,9,12,17H,4-5,8,10-11H2,1-2H3,(H,16,19). The number of piperidine rings is 1. The second-order valence-electron chi connectivity index (χ2n) is 5.71. The molecule has 1 atom stereocenters. The number of amides is 1. The van der Waals surface area contributed by atoms with Crippen molar-refractivity contribution in [1.82, 2.24) is 14.3 Å². The van der Waals surface area contributed by atoms with Gasteiger partial charge < -0.3 is 5.32 Å². The van der Waals surface area contributed by atoms with Gasteiger partial charge in [-0.1, -0.05) is 19.1 Å². The minimum Gasteiger partial charge on any atom is -0.355 e. The van der Waals surface area contributed by atoms with Gasteiger partial charge in [0.1, 0.15) is 0 Å². The molecule has 1 heterocycles. The molecule has 0 saturated carbocycles. The molecule has 1 unspecified atom stereocenters. The van der Waals surface area contributed by atoms with E-state index in [1.165, 1.54) is 4.31 Å². The van der Waals surface area contributed by atoms with Crippen LogP contribution in [-0.2, 0) is 16.8 Å². The Labute approximate surface area is 132 Å². The van der Waals surface area contributed by atoms with E-state index in [9.17, 15) is 13.2 Å². The highest BCUT2D eigenvalue weighted by Crippen LogP contribution is 2.18. The largest absolute Gasteiger partial charge is 0.355 e. The number of hydrogen-bond acceptors (Lipinski definition) is 3. The Morgan fingerprint density at radius 3 is 2.86 bits per heavy atom. The lowest BCUT2D eigenvalue weighted by Gasteiger charge is -2.30. The Morgan fingerprint density at radius 1 is 1.41 bits per heavy atom. The van der Waals surface area contributed by atoms with Crippen molar-refractivity contribution in [2.24, 2.45) is 5.92 Å². The molecule has 0 radical (unpaired) electrons. The summed E-state index contributed by atoms with van der Waals surface area (Å²) in [7, 11) is -1.91. The van der Waals surface area contributed by atoms with Crippen molar-refractivity contribution >= 4 is 16.1 Å². The molecule has 1 aliphatic rings. The highest BCUT2D eigenvalue weighted by atomic mass is 32.2. The second-order valence-corrected chi connectivity index (χ2v) is 7.47. The molecule has 0 bridgehead atoms. The quantitative estimate of drug-likeness (QED) is 0.851. The first-order chi connectivity index (χ1) is 10.4. The molecule has 1 aromatic carbocycles. The third-order valence-corrected chi connectivity index (χ3v) is 5.36. The van der Waals surface area contributed by atoms with Crippen LogP contribution in [0.3, 0.4) is 0 Å². The van der Waals surface area contributed by atoms with Crippen LogP contribution in [0.5, 0.6) is 0 Å². The molecular formula is C15H23N3O3S. The van der Waals surface area contributed by atoms with Crippen molar-refractivity contribution in [3.63, 3.8) is 0 Å². The summed E-state index contributed by atoms with van der Waals surface area (Å²) < 4.78 is 28.7. The molecule has 0 aliphatic carbocycles. The first-order valence-corrected chi connectivity index (χ1v) is 8.92. The average Bonchev–Trinajstić information content (AvgIpc) is 2.52. The van der Waals surface area contributed by atoms with Crippen molar-refractivity contribution in [3.05, 3.63) is 35.4 Å². The summed E-state index contributed by atoms with van der Waals surface area (Å²) in [6.07, 6.45) is 1.97. The summed E-state index contributed by atoms with van der Waals surface area (Å²) in [6.45, 7) is 3.37. The molecule has 1 amide bonds. The third kappa shape index (κ3) is 4.28. The molecule has 2 rings (SSSR count). The fraction of sp³-hybridized carbons (Fsp3) is 0.533. The fourth-order valence-corrected chi connectivity index (χ4v) is 3.95. The van der Waals surface area contributed by atoms with Crippen LogP contribution in [0.15, 0.2) is 24.3 Å². The Bertz CT molecular complexity index is 631. The predicted octanol–water partition coefficient (Wildman–Crippen LogP) is 1.11. The number of hydrogen-bond donors (Lipinski definition) is 2. The first-order valence-electron chi connectivity index (χ1n) is 7.48. The van der Waals surface area contributed by atoms with Gasteiger partial charge in [0.25, 0.3) is 16.1 Å². The molecular weight excluding hydrogens is 302 g/mol. The molecule has 1 fully saturated rings. The van der Waals surface area contributed by atoms with Crippen LogP contribution in [0.4, 0.5) is 0 Å². The molecule has 1 saturated heterocycles. The van der Waals surface area contributed by atoms with Gasteiger partial charge >= 0.3 is 0 Å². The van der Waals surface area contributed by atoms with Crippen LogP contribution in [0.25, 0.3) is 0 Å². The monoisotopic (exact) mass is 325 g/mol. The van der Waals surface area contributed by atoms with Crippen LogP contribution < -0.4 is 10.0 Å². The molecule has 7 heteroatoms. The predicted molar refractivity (Wildman–Crippen MR) is 85.6 cm³/mol. The van der Waals surface area contributed by atoms with Gasteiger partial charge in [-0.15, -0.1) is 0 Å². The van der Waals surface area contributed by atoms with E-state index >= 15 is 0 Å². The van der Waals surface area contributed by atoms with E-state index in [2.05, 4.69) is 17.0 Å². The number of rotatable bonds is 5. The van der Waals surface area contributed by atoms with Crippen molar-refractivity contribution in [3.8, 4) is 0 Å². The molecule has 1 aliphatic heterocycles. The number of nitrogens with one attached hydrogen (secondary N) is 2. The third-order valence-electron chi connectivity index (χ3n) is 3.83. The van der Waals surface area contributed by atoms with Crippen molar-refractivity contribution in [2.45, 2.75) is 26.3 Å². The summed E-state index contributed by atoms with van der Waals surface area (Å²) in [5.74, 6) is 0.205. The number of nitrogens with zero attached hydrogens (tertiary/aromatic N) is 1. The first kappa shape index (κ1) is 16.9. The lowest BCUT2D eigenvalue weighted by Crippen LogP contribution is -2.45. The summed E-state index contributed by atoms with van der Waals surface area (Å²) in [4.78, 5) is 11.6. The molecule has 0 aromatic heterocycles. The minimum absolute atomic E-state index is 0.179. The normalized spacial score (nSPS) is 19.8. The van der Waals surface area contributed by atoms with Gasteiger partial charge in [-0.05, 0) is 36.5 Å². The topological polar surface area (TPSA) is 78.5 Å². The van der Waals surface area contributed by atoms with Crippen molar-refractivity contribution in [2.75, 3.05) is 20.1 Å². The molecule has 1 aromatic rings. The van der Waals surface area contributed by atoms with E-state index in [0.29, 0.717) is 24.6 Å². The van der Waals surface area contributed by atoms with Crippen LogP contribution >= 0.6 is 0 Å². The fourth-order valence-electron chi connectivity index (χ4n) is 2.60. The van der Waals surface area contributed by atoms with Gasteiger partial charge in [0, 0.05) is 32.2 Å². The van der Waals surface area contributed by atoms with Crippen molar-refractivity contribution in [1.29, 1.82) is 0 Å². The van der Waals surface area contributed by atoms with Gasteiger partial charge in [-0.3, -0.25) is 4.79 Å². The highest BCUT2D eigenvalue weighted by Gasteiger charge is 2.26. The Balaban J connectivity index is 2.01. The maximum Gasteiger partial charge on any atom is 0.279 e. The number of carbonyl (C=O) groups excluding carboxylic acids is 1. The van der Waals surface area contributed by atoms with E-state index in [4.69, 9.17) is 0 Å². The smallest absolute Gasteiger partial charge is 0.279 e. The van der Waals surface area contributed by atoms with E-state index < -0.39 is 10.2 Å². The molecule has 6 nitrogen and oxygen atoms in total. The van der Waals surface area contributed by atoms with Crippen molar-refractivity contribution < 1.29 is 13.2 Å². The molecule has 22 heavy (non-hydrogen) atoms. The van der Waals surface area contributed by atoms with Crippen LogP contribution in [0.2, 0.25) is 0 Å². The van der Waals surface area contributed by atoms with E-state index in [1.54, 1.807) is 31.3 Å². The van der Waals surface area contributed by atoms with Gasteiger partial charge in [0.2, 0.25) is 0 Å². The van der Waals surface area contributed by atoms with E-state index in [0.717, 1.165) is 18.4 Å².